The first kappa shape index (κ1) is 21.2. The molecule has 2 aromatic rings. The fourth-order valence-corrected chi connectivity index (χ4v) is 5.80. The number of aryl methyl sites for hydroxylation is 1. The average molecular weight is 458 g/mol. The van der Waals surface area contributed by atoms with Crippen LogP contribution in [0.2, 0.25) is 0 Å². The molecule has 1 aliphatic carbocycles. The third-order valence-corrected chi connectivity index (χ3v) is 7.85. The van der Waals surface area contributed by atoms with Gasteiger partial charge < -0.3 is 5.11 Å². The largest absolute Gasteiger partial charge is 0.417 e. The first-order chi connectivity index (χ1) is 12.7. The van der Waals surface area contributed by atoms with Gasteiger partial charge in [-0.15, -0.1) is 0 Å². The highest BCUT2D eigenvalue weighted by Crippen LogP contribution is 2.43. The predicted octanol–water partition coefficient (Wildman–Crippen LogP) is 2.74. The lowest BCUT2D eigenvalue weighted by atomic mass is 9.83. The number of hydrogen-bond donors (Lipinski definition) is 1. The summed E-state index contributed by atoms with van der Waals surface area (Å²) < 4.78 is 90.1. The van der Waals surface area contributed by atoms with E-state index in [-0.39, 0.29) is 10.5 Å². The number of nitrogens with zero attached hydrogens (tertiary/aromatic N) is 1. The van der Waals surface area contributed by atoms with Gasteiger partial charge in [-0.2, -0.15) is 13.2 Å². The van der Waals surface area contributed by atoms with Crippen LogP contribution in [-0.4, -0.2) is 37.7 Å². The second kappa shape index (κ2) is 6.48. The van der Waals surface area contributed by atoms with E-state index in [1.165, 1.54) is 24.3 Å². The normalized spacial score (nSPS) is 20.8. The molecule has 12 heteroatoms. The summed E-state index contributed by atoms with van der Waals surface area (Å²) in [6, 6.07) is 5.50. The molecule has 0 spiro atoms. The molecular formula is C16H15ClF3NO5S2. The van der Waals surface area contributed by atoms with E-state index in [0.29, 0.717) is 10.2 Å². The smallest absolute Gasteiger partial charge is 0.380 e. The highest BCUT2D eigenvalue weighted by Gasteiger charge is 2.56. The van der Waals surface area contributed by atoms with Gasteiger partial charge in [0.1, 0.15) is 4.90 Å². The molecule has 0 amide bonds. The van der Waals surface area contributed by atoms with Crippen molar-refractivity contribution >= 4 is 29.8 Å². The maximum absolute atomic E-state index is 13.3. The summed E-state index contributed by atoms with van der Waals surface area (Å²) in [4.78, 5) is -0.820. The van der Waals surface area contributed by atoms with Crippen molar-refractivity contribution in [2.75, 3.05) is 0 Å². The number of rotatable bonds is 3. The molecule has 6 nitrogen and oxygen atoms in total. The summed E-state index contributed by atoms with van der Waals surface area (Å²) >= 11 is 0. The Morgan fingerprint density at radius 3 is 2.21 bits per heavy atom. The lowest BCUT2D eigenvalue weighted by molar-refractivity contribution is -0.263. The molecule has 0 saturated carbocycles. The molecule has 154 valence electrons. The van der Waals surface area contributed by atoms with Crippen molar-refractivity contribution < 1.29 is 35.1 Å². The molecule has 1 aromatic carbocycles. The lowest BCUT2D eigenvalue weighted by Crippen LogP contribution is -2.50. The number of halogens is 4. The fraction of sp³-hybridized carbons (Fsp3) is 0.375. The van der Waals surface area contributed by atoms with Crippen molar-refractivity contribution in [1.82, 2.24) is 3.97 Å². The summed E-state index contributed by atoms with van der Waals surface area (Å²) in [6.07, 6.45) is -6.73. The molecule has 1 N–H and O–H groups in total. The van der Waals surface area contributed by atoms with Crippen molar-refractivity contribution in [3.63, 3.8) is 0 Å². The van der Waals surface area contributed by atoms with Gasteiger partial charge in [0.15, 0.2) is 5.60 Å². The summed E-state index contributed by atoms with van der Waals surface area (Å²) in [5.41, 5.74) is -3.01. The molecule has 0 radical (unpaired) electrons. The Balaban J connectivity index is 2.26. The standard InChI is InChI=1S/C16H15ClF3NO5S2/c1-10-2-4-11(5-3-10)28(25,26)21-9-14(27(17,23)24)12-6-7-15(22,8-13(12)21)16(18,19)20/h2-5,9,22H,6-8H2,1H3. The second-order valence-corrected chi connectivity index (χ2v) is 11.0. The lowest BCUT2D eigenvalue weighted by Gasteiger charge is -2.34. The van der Waals surface area contributed by atoms with Crippen LogP contribution in [0.25, 0.3) is 0 Å². The Kier molecular flexibility index (Phi) is 4.89. The van der Waals surface area contributed by atoms with Crippen LogP contribution in [-0.2, 0) is 31.9 Å². The van der Waals surface area contributed by atoms with Gasteiger partial charge in [0, 0.05) is 29.0 Å². The maximum atomic E-state index is 13.3. The van der Waals surface area contributed by atoms with Crippen LogP contribution in [0.4, 0.5) is 13.2 Å². The van der Waals surface area contributed by atoms with Gasteiger partial charge in [-0.05, 0) is 37.5 Å². The molecular weight excluding hydrogens is 443 g/mol. The Labute approximate surface area is 164 Å². The van der Waals surface area contributed by atoms with Crippen LogP contribution in [0.1, 0.15) is 23.2 Å². The van der Waals surface area contributed by atoms with Crippen LogP contribution in [0.5, 0.6) is 0 Å². The van der Waals surface area contributed by atoms with E-state index in [1.54, 1.807) is 6.92 Å². The predicted molar refractivity (Wildman–Crippen MR) is 94.3 cm³/mol. The van der Waals surface area contributed by atoms with Gasteiger partial charge in [-0.25, -0.2) is 20.8 Å². The zero-order chi connectivity index (χ0) is 21.1. The first-order valence-corrected chi connectivity index (χ1v) is 11.7. The third-order valence-electron chi connectivity index (χ3n) is 4.76. The minimum Gasteiger partial charge on any atom is -0.380 e. The van der Waals surface area contributed by atoms with E-state index in [0.717, 1.165) is 5.56 Å². The van der Waals surface area contributed by atoms with Crippen molar-refractivity contribution in [3.8, 4) is 0 Å². The number of hydrogen-bond acceptors (Lipinski definition) is 5. The number of benzene rings is 1. The zero-order valence-corrected chi connectivity index (χ0v) is 16.8. The van der Waals surface area contributed by atoms with Crippen LogP contribution < -0.4 is 0 Å². The van der Waals surface area contributed by atoms with Crippen LogP contribution >= 0.6 is 10.7 Å². The fourth-order valence-electron chi connectivity index (χ4n) is 3.18. The van der Waals surface area contributed by atoms with E-state index < -0.39 is 60.7 Å². The van der Waals surface area contributed by atoms with Gasteiger partial charge in [0.2, 0.25) is 0 Å². The molecule has 0 saturated heterocycles. The number of fused-ring (bicyclic) bond motifs is 1. The molecule has 1 aromatic heterocycles. The van der Waals surface area contributed by atoms with Gasteiger partial charge in [0.05, 0.1) is 4.90 Å². The van der Waals surface area contributed by atoms with Crippen LogP contribution in [0, 0.1) is 6.92 Å². The minimum absolute atomic E-state index is 0.139. The highest BCUT2D eigenvalue weighted by molar-refractivity contribution is 8.13. The summed E-state index contributed by atoms with van der Waals surface area (Å²) in [7, 11) is -3.47. The summed E-state index contributed by atoms with van der Waals surface area (Å²) in [5, 5.41) is 10.0. The zero-order valence-electron chi connectivity index (χ0n) is 14.4. The van der Waals surface area contributed by atoms with E-state index in [9.17, 15) is 35.1 Å². The third kappa shape index (κ3) is 3.44. The Bertz CT molecular complexity index is 1140. The molecule has 3 rings (SSSR count). The number of aromatic nitrogens is 1. The summed E-state index contributed by atoms with van der Waals surface area (Å²) in [6.45, 7) is 1.72. The van der Waals surface area contributed by atoms with Crippen LogP contribution in [0.3, 0.4) is 0 Å². The molecule has 1 aliphatic rings. The maximum Gasteiger partial charge on any atom is 0.417 e. The van der Waals surface area contributed by atoms with Crippen LogP contribution in [0.15, 0.2) is 40.3 Å². The Hall–Kier alpha value is -1.56. The highest BCUT2D eigenvalue weighted by atomic mass is 35.7. The minimum atomic E-state index is -5.02. The Morgan fingerprint density at radius 2 is 1.71 bits per heavy atom. The summed E-state index contributed by atoms with van der Waals surface area (Å²) in [5.74, 6) is 0. The first-order valence-electron chi connectivity index (χ1n) is 7.96. The molecule has 0 fully saturated rings. The van der Waals surface area contributed by atoms with Gasteiger partial charge in [-0.3, -0.25) is 0 Å². The van der Waals surface area contributed by atoms with Crippen molar-refractivity contribution in [2.45, 2.75) is 47.8 Å². The van der Waals surface area contributed by atoms with E-state index in [1.807, 2.05) is 0 Å². The van der Waals surface area contributed by atoms with Gasteiger partial charge in [0.25, 0.3) is 19.1 Å². The second-order valence-electron chi connectivity index (χ2n) is 6.68. The van der Waals surface area contributed by atoms with Gasteiger partial charge >= 0.3 is 6.18 Å². The monoisotopic (exact) mass is 457 g/mol. The molecule has 0 aliphatic heterocycles. The Morgan fingerprint density at radius 1 is 1.14 bits per heavy atom. The SMILES string of the molecule is Cc1ccc(S(=O)(=O)n2cc(S(=O)(=O)Cl)c3c2CC(O)(C(F)(F)F)CC3)cc1. The molecule has 28 heavy (non-hydrogen) atoms. The van der Waals surface area contributed by atoms with E-state index in [2.05, 4.69) is 0 Å². The molecule has 1 atom stereocenters. The van der Waals surface area contributed by atoms with Gasteiger partial charge in [-0.1, -0.05) is 17.7 Å². The average Bonchev–Trinajstić information content (AvgIpc) is 2.93. The molecule has 1 heterocycles. The van der Waals surface area contributed by atoms with E-state index in [4.69, 9.17) is 10.7 Å². The molecule has 1 unspecified atom stereocenters. The number of aliphatic hydroxyl groups is 1. The van der Waals surface area contributed by atoms with E-state index >= 15 is 0 Å². The van der Waals surface area contributed by atoms with Crippen molar-refractivity contribution in [2.24, 2.45) is 0 Å². The topological polar surface area (TPSA) is 93.4 Å². The number of alkyl halides is 3. The van der Waals surface area contributed by atoms with Crippen molar-refractivity contribution in [1.29, 1.82) is 0 Å². The molecule has 0 bridgehead atoms. The quantitative estimate of drug-likeness (QED) is 0.715. The van der Waals surface area contributed by atoms with Crippen molar-refractivity contribution in [3.05, 3.63) is 47.3 Å².